The minimum atomic E-state index is -4.19. The molecule has 1 fully saturated rings. The summed E-state index contributed by atoms with van der Waals surface area (Å²) < 4.78 is 11.1. The average molecular weight is 548 g/mol. The molecule has 0 unspecified atom stereocenters. The summed E-state index contributed by atoms with van der Waals surface area (Å²) in [6, 6.07) is 13.5. The fraction of sp³-hybridized carbons (Fsp3) is 0.400. The van der Waals surface area contributed by atoms with Gasteiger partial charge in [-0.1, -0.05) is 42.5 Å². The Morgan fingerprint density at radius 3 is 2.72 bits per heavy atom. The molecule has 11 heteroatoms. The van der Waals surface area contributed by atoms with Gasteiger partial charge in [-0.05, 0) is 48.9 Å². The Kier molecular flexibility index (Phi) is 8.85. The third-order valence-electron chi connectivity index (χ3n) is 6.12. The van der Waals surface area contributed by atoms with Crippen molar-refractivity contribution < 1.29 is 23.9 Å². The number of hydrogen-bond acceptors (Lipinski definition) is 6. The number of fused-ring (bicyclic) bond motifs is 1. The zero-order valence-electron chi connectivity index (χ0n) is 20.0. The number of nitrogens with zero attached hydrogens (tertiary/aromatic N) is 2. The lowest BCUT2D eigenvalue weighted by Gasteiger charge is -2.35. The fourth-order valence-corrected chi connectivity index (χ4v) is 6.94. The van der Waals surface area contributed by atoms with Crippen LogP contribution in [0, 0.1) is 6.92 Å². The number of hydrogen-bond donors (Lipinski definition) is 3. The molecule has 0 bridgehead atoms. The Morgan fingerprint density at radius 1 is 1.22 bits per heavy atom. The summed E-state index contributed by atoms with van der Waals surface area (Å²) in [5, 5.41) is 8.23. The molecule has 1 aliphatic rings. The predicted octanol–water partition coefficient (Wildman–Crippen LogP) is 4.25. The number of aryl methyl sites for hydroxylation is 1. The molecule has 0 saturated carbocycles. The van der Waals surface area contributed by atoms with Crippen LogP contribution in [-0.4, -0.2) is 55.3 Å². The summed E-state index contributed by atoms with van der Waals surface area (Å²) in [5.74, 6) is -0.563. The van der Waals surface area contributed by atoms with Crippen LogP contribution < -0.4 is 5.32 Å². The highest BCUT2D eigenvalue weighted by molar-refractivity contribution is 8.04. The minimum absolute atomic E-state index is 0.0684. The molecule has 8 nitrogen and oxygen atoms in total. The molecule has 0 radical (unpaired) electrons. The van der Waals surface area contributed by atoms with E-state index in [4.69, 9.17) is 9.79 Å². The molecule has 3 N–H and O–H groups in total. The van der Waals surface area contributed by atoms with Crippen molar-refractivity contribution in [1.29, 1.82) is 0 Å². The van der Waals surface area contributed by atoms with Crippen molar-refractivity contribution in [1.82, 2.24) is 15.2 Å². The maximum atomic E-state index is 13.5. The van der Waals surface area contributed by atoms with E-state index >= 15 is 0 Å². The first-order valence-corrected chi connectivity index (χ1v) is 15.6. The second kappa shape index (κ2) is 11.9. The molecule has 0 aliphatic carbocycles. The summed E-state index contributed by atoms with van der Waals surface area (Å²) in [6.07, 6.45) is 2.76. The van der Waals surface area contributed by atoms with Crippen LogP contribution >= 0.6 is 30.7 Å². The normalized spacial score (nSPS) is 17.2. The molecular formula is C25H30N3O5PS2. The lowest BCUT2D eigenvalue weighted by Crippen LogP contribution is -2.53. The highest BCUT2D eigenvalue weighted by Gasteiger charge is 2.34. The summed E-state index contributed by atoms with van der Waals surface area (Å²) in [4.78, 5) is 50.6. The number of amides is 2. The number of likely N-dealkylation sites (tertiary alicyclic amines) is 1. The standard InChI is InChI=1S/C25H30N3O5PS2/c1-17-14-36-25(26-17)21(13-18-9-10-19-6-2-3-7-20(19)12-18)27-24(30)22-8-4-5-11-28(22)23(29)15-35-16-34(31,32)33/h2-3,6-7,9-10,12,14,21-22H,4-5,8,11,13,15-16H2,1H3,(H,27,30)(H2,31,32,33)/t21-,22-/m0/s1. The summed E-state index contributed by atoms with van der Waals surface area (Å²) in [5.41, 5.74) is 1.56. The van der Waals surface area contributed by atoms with Crippen molar-refractivity contribution in [2.45, 2.75) is 44.7 Å². The van der Waals surface area contributed by atoms with Gasteiger partial charge in [-0.3, -0.25) is 14.2 Å². The molecule has 1 aliphatic heterocycles. The quantitative estimate of drug-likeness (QED) is 0.343. The van der Waals surface area contributed by atoms with E-state index in [1.807, 2.05) is 24.4 Å². The van der Waals surface area contributed by atoms with Crippen molar-refractivity contribution in [2.75, 3.05) is 17.8 Å². The van der Waals surface area contributed by atoms with Gasteiger partial charge in [0, 0.05) is 17.6 Å². The number of thiazole rings is 1. The second-order valence-electron chi connectivity index (χ2n) is 9.01. The highest BCUT2D eigenvalue weighted by Crippen LogP contribution is 2.38. The van der Waals surface area contributed by atoms with E-state index < -0.39 is 19.1 Å². The van der Waals surface area contributed by atoms with Gasteiger partial charge in [0.1, 0.15) is 11.0 Å². The SMILES string of the molecule is Cc1csc([C@H](Cc2ccc3ccccc3c2)NC(=O)[C@@H]2CCCCN2C(=O)CSCP(=O)(O)O)n1. The molecule has 192 valence electrons. The smallest absolute Gasteiger partial charge is 0.335 e. The molecule has 4 rings (SSSR count). The van der Waals surface area contributed by atoms with Gasteiger partial charge in [0.15, 0.2) is 0 Å². The first kappa shape index (κ1) is 26.8. The van der Waals surface area contributed by atoms with Crippen LogP contribution in [0.1, 0.15) is 41.6 Å². The first-order valence-electron chi connectivity index (χ1n) is 11.8. The van der Waals surface area contributed by atoms with E-state index in [1.165, 1.54) is 11.3 Å². The van der Waals surface area contributed by atoms with E-state index in [2.05, 4.69) is 40.6 Å². The van der Waals surface area contributed by atoms with Gasteiger partial charge < -0.3 is 20.0 Å². The van der Waals surface area contributed by atoms with Crippen LogP contribution in [0.25, 0.3) is 10.8 Å². The van der Waals surface area contributed by atoms with Gasteiger partial charge in [0.2, 0.25) is 11.8 Å². The molecule has 1 aromatic heterocycles. The highest BCUT2D eigenvalue weighted by atomic mass is 32.2. The average Bonchev–Trinajstić information content (AvgIpc) is 3.29. The largest absolute Gasteiger partial charge is 0.345 e. The molecule has 3 aromatic rings. The van der Waals surface area contributed by atoms with E-state index in [9.17, 15) is 14.2 Å². The van der Waals surface area contributed by atoms with Gasteiger partial charge in [-0.25, -0.2) is 4.98 Å². The van der Waals surface area contributed by atoms with E-state index in [0.29, 0.717) is 19.4 Å². The van der Waals surface area contributed by atoms with Gasteiger partial charge in [-0.15, -0.1) is 23.1 Å². The Bertz CT molecular complexity index is 1280. The zero-order valence-corrected chi connectivity index (χ0v) is 22.5. The zero-order chi connectivity index (χ0) is 25.7. The van der Waals surface area contributed by atoms with Crippen molar-refractivity contribution in [2.24, 2.45) is 0 Å². The van der Waals surface area contributed by atoms with Crippen molar-refractivity contribution in [3.05, 3.63) is 64.1 Å². The van der Waals surface area contributed by atoms with Crippen LogP contribution in [0.2, 0.25) is 0 Å². The van der Waals surface area contributed by atoms with Crippen molar-refractivity contribution in [3.8, 4) is 0 Å². The molecule has 2 aromatic carbocycles. The first-order chi connectivity index (χ1) is 17.2. The number of carbonyl (C=O) groups excluding carboxylic acids is 2. The van der Waals surface area contributed by atoms with E-state index in [0.717, 1.165) is 51.6 Å². The maximum absolute atomic E-state index is 13.5. The number of rotatable bonds is 9. The van der Waals surface area contributed by atoms with E-state index in [1.54, 1.807) is 4.90 Å². The number of aromatic nitrogens is 1. The van der Waals surface area contributed by atoms with Gasteiger partial charge in [0.05, 0.1) is 17.3 Å². The Morgan fingerprint density at radius 2 is 2.00 bits per heavy atom. The maximum Gasteiger partial charge on any atom is 0.335 e. The lowest BCUT2D eigenvalue weighted by atomic mass is 9.99. The van der Waals surface area contributed by atoms with Crippen LogP contribution in [0.5, 0.6) is 0 Å². The van der Waals surface area contributed by atoms with E-state index in [-0.39, 0.29) is 23.6 Å². The second-order valence-corrected chi connectivity index (χ2v) is 13.0. The minimum Gasteiger partial charge on any atom is -0.345 e. The molecule has 0 spiro atoms. The summed E-state index contributed by atoms with van der Waals surface area (Å²) in [6.45, 7) is 2.38. The number of piperidine rings is 1. The van der Waals surface area contributed by atoms with Crippen LogP contribution in [0.4, 0.5) is 0 Å². The molecule has 36 heavy (non-hydrogen) atoms. The number of thioether (sulfide) groups is 1. The van der Waals surface area contributed by atoms with Gasteiger partial charge in [0.25, 0.3) is 0 Å². The van der Waals surface area contributed by atoms with Crippen LogP contribution in [-0.2, 0) is 20.6 Å². The summed E-state index contributed by atoms with van der Waals surface area (Å²) >= 11 is 2.40. The van der Waals surface area contributed by atoms with Crippen LogP contribution in [0.3, 0.4) is 0 Å². The Hall–Kier alpha value is -2.23. The molecule has 1 saturated heterocycles. The van der Waals surface area contributed by atoms with Crippen molar-refractivity contribution in [3.63, 3.8) is 0 Å². The monoisotopic (exact) mass is 547 g/mol. The fourth-order valence-electron chi connectivity index (χ4n) is 4.44. The number of benzene rings is 2. The predicted molar refractivity (Wildman–Crippen MR) is 144 cm³/mol. The Labute approximate surface area is 218 Å². The molecular weight excluding hydrogens is 517 g/mol. The number of nitrogens with one attached hydrogen (secondary N) is 1. The molecule has 2 heterocycles. The van der Waals surface area contributed by atoms with Gasteiger partial charge in [-0.2, -0.15) is 0 Å². The molecule has 2 atom stereocenters. The third kappa shape index (κ3) is 7.17. The number of carbonyl (C=O) groups is 2. The molecule has 2 amide bonds. The Balaban J connectivity index is 1.49. The van der Waals surface area contributed by atoms with Crippen molar-refractivity contribution >= 4 is 53.3 Å². The summed E-state index contributed by atoms with van der Waals surface area (Å²) in [7, 11) is -4.19. The van der Waals surface area contributed by atoms with Crippen LogP contribution in [0.15, 0.2) is 47.8 Å². The third-order valence-corrected chi connectivity index (χ3v) is 9.72. The topological polar surface area (TPSA) is 120 Å². The lowest BCUT2D eigenvalue weighted by molar-refractivity contribution is -0.140. The van der Waals surface area contributed by atoms with Gasteiger partial charge >= 0.3 is 7.60 Å².